The lowest BCUT2D eigenvalue weighted by Crippen LogP contribution is -2.34. The standard InChI is InChI=1S/C26H33NO/c1-8-27-24(28)18(3)19-10-9-11-20(15-19)21-16-23-22(14-17(21)2)25(4,5)12-13-26(23,6)7/h9-11,14-16H,3,8,12-13H2,1-2,4-7H3,(H,27,28). The highest BCUT2D eigenvalue weighted by Crippen LogP contribution is 2.47. The third kappa shape index (κ3) is 3.65. The van der Waals surface area contributed by atoms with Gasteiger partial charge in [-0.05, 0) is 77.0 Å². The van der Waals surface area contributed by atoms with E-state index in [1.54, 1.807) is 0 Å². The summed E-state index contributed by atoms with van der Waals surface area (Å²) in [4.78, 5) is 12.2. The van der Waals surface area contributed by atoms with Crippen LogP contribution in [-0.4, -0.2) is 12.5 Å². The second-order valence-electron chi connectivity index (χ2n) is 9.40. The van der Waals surface area contributed by atoms with Crippen molar-refractivity contribution in [2.24, 2.45) is 0 Å². The van der Waals surface area contributed by atoms with Gasteiger partial charge < -0.3 is 5.32 Å². The van der Waals surface area contributed by atoms with Crippen LogP contribution >= 0.6 is 0 Å². The Morgan fingerprint density at radius 2 is 1.64 bits per heavy atom. The van der Waals surface area contributed by atoms with Crippen molar-refractivity contribution in [2.75, 3.05) is 6.54 Å². The van der Waals surface area contributed by atoms with E-state index in [2.05, 4.69) is 70.8 Å². The van der Waals surface area contributed by atoms with Gasteiger partial charge in [-0.1, -0.05) is 64.6 Å². The molecular weight excluding hydrogens is 342 g/mol. The van der Waals surface area contributed by atoms with E-state index in [4.69, 9.17) is 0 Å². The number of hydrogen-bond donors (Lipinski definition) is 1. The molecule has 0 bridgehead atoms. The highest BCUT2D eigenvalue weighted by atomic mass is 16.1. The molecule has 1 aliphatic carbocycles. The first kappa shape index (κ1) is 20.4. The zero-order valence-electron chi connectivity index (χ0n) is 18.2. The number of benzene rings is 2. The molecule has 148 valence electrons. The predicted octanol–water partition coefficient (Wildman–Crippen LogP) is 6.16. The number of likely N-dealkylation sites (N-methyl/N-ethyl adjacent to an activating group) is 1. The van der Waals surface area contributed by atoms with Crippen LogP contribution in [0.1, 0.15) is 69.7 Å². The Balaban J connectivity index is 2.10. The number of aryl methyl sites for hydroxylation is 1. The summed E-state index contributed by atoms with van der Waals surface area (Å²) in [6.07, 6.45) is 2.41. The minimum Gasteiger partial charge on any atom is -0.352 e. The molecule has 0 atom stereocenters. The Bertz CT molecular complexity index is 933. The van der Waals surface area contributed by atoms with E-state index in [1.165, 1.54) is 35.1 Å². The molecule has 3 rings (SSSR count). The van der Waals surface area contributed by atoms with Gasteiger partial charge in [0.05, 0.1) is 0 Å². The van der Waals surface area contributed by atoms with E-state index < -0.39 is 0 Å². The first-order chi connectivity index (χ1) is 13.1. The first-order valence-corrected chi connectivity index (χ1v) is 10.3. The van der Waals surface area contributed by atoms with Gasteiger partial charge in [0.1, 0.15) is 0 Å². The molecule has 2 heteroatoms. The van der Waals surface area contributed by atoms with Crippen LogP contribution in [0.2, 0.25) is 0 Å². The molecule has 1 N–H and O–H groups in total. The Labute approximate surface area is 170 Å². The smallest absolute Gasteiger partial charge is 0.251 e. The molecule has 0 fully saturated rings. The molecule has 2 nitrogen and oxygen atoms in total. The van der Waals surface area contributed by atoms with Crippen molar-refractivity contribution in [1.82, 2.24) is 5.32 Å². The van der Waals surface area contributed by atoms with Gasteiger partial charge in [0.2, 0.25) is 0 Å². The van der Waals surface area contributed by atoms with Crippen molar-refractivity contribution >= 4 is 11.5 Å². The van der Waals surface area contributed by atoms with Gasteiger partial charge in [-0.15, -0.1) is 0 Å². The van der Waals surface area contributed by atoms with Crippen molar-refractivity contribution < 1.29 is 4.79 Å². The van der Waals surface area contributed by atoms with Gasteiger partial charge in [0.15, 0.2) is 0 Å². The Hall–Kier alpha value is -2.35. The molecule has 0 saturated heterocycles. The maximum absolute atomic E-state index is 12.2. The van der Waals surface area contributed by atoms with Gasteiger partial charge >= 0.3 is 0 Å². The van der Waals surface area contributed by atoms with Gasteiger partial charge in [-0.2, -0.15) is 0 Å². The average Bonchev–Trinajstić information content (AvgIpc) is 2.65. The summed E-state index contributed by atoms with van der Waals surface area (Å²) in [5, 5.41) is 2.84. The third-order valence-corrected chi connectivity index (χ3v) is 6.33. The van der Waals surface area contributed by atoms with E-state index in [-0.39, 0.29) is 16.7 Å². The molecule has 28 heavy (non-hydrogen) atoms. The fourth-order valence-electron chi connectivity index (χ4n) is 4.31. The SMILES string of the molecule is C=C(C(=O)NCC)c1cccc(-c2cc3c(cc2C)C(C)(C)CCC3(C)C)c1. The molecule has 1 amide bonds. The minimum absolute atomic E-state index is 0.107. The van der Waals surface area contributed by atoms with E-state index in [9.17, 15) is 4.79 Å². The molecule has 0 radical (unpaired) electrons. The molecular formula is C26H33NO. The Morgan fingerprint density at radius 1 is 1.04 bits per heavy atom. The maximum Gasteiger partial charge on any atom is 0.251 e. The second kappa shape index (κ2) is 7.24. The number of fused-ring (bicyclic) bond motifs is 1. The van der Waals surface area contributed by atoms with Crippen LogP contribution in [0.15, 0.2) is 43.0 Å². The number of amides is 1. The van der Waals surface area contributed by atoms with Gasteiger partial charge in [0.25, 0.3) is 5.91 Å². The lowest BCUT2D eigenvalue weighted by molar-refractivity contribution is -0.115. The van der Waals surface area contributed by atoms with Gasteiger partial charge in [-0.25, -0.2) is 0 Å². The summed E-state index contributed by atoms with van der Waals surface area (Å²) in [6, 6.07) is 13.0. The van der Waals surface area contributed by atoms with Crippen LogP contribution in [0.25, 0.3) is 16.7 Å². The number of rotatable bonds is 4. The third-order valence-electron chi connectivity index (χ3n) is 6.33. The van der Waals surface area contributed by atoms with Gasteiger partial charge in [0, 0.05) is 12.1 Å². The summed E-state index contributed by atoms with van der Waals surface area (Å²) in [5.41, 5.74) is 8.38. The fourth-order valence-corrected chi connectivity index (χ4v) is 4.31. The Morgan fingerprint density at radius 3 is 2.25 bits per heavy atom. The average molecular weight is 376 g/mol. The van der Waals surface area contributed by atoms with Crippen LogP contribution in [0.4, 0.5) is 0 Å². The van der Waals surface area contributed by atoms with Crippen LogP contribution in [0.3, 0.4) is 0 Å². The van der Waals surface area contributed by atoms with Crippen molar-refractivity contribution in [3.63, 3.8) is 0 Å². The van der Waals surface area contributed by atoms with Crippen LogP contribution in [0.5, 0.6) is 0 Å². The van der Waals surface area contributed by atoms with E-state index in [0.717, 1.165) is 11.1 Å². The normalized spacial score (nSPS) is 16.9. The van der Waals surface area contributed by atoms with E-state index >= 15 is 0 Å². The Kier molecular flexibility index (Phi) is 5.27. The van der Waals surface area contributed by atoms with Crippen LogP contribution < -0.4 is 5.32 Å². The number of carbonyl (C=O) groups is 1. The highest BCUT2D eigenvalue weighted by molar-refractivity contribution is 6.18. The lowest BCUT2D eigenvalue weighted by Gasteiger charge is -2.42. The molecule has 2 aromatic rings. The highest BCUT2D eigenvalue weighted by Gasteiger charge is 2.37. The molecule has 1 aliphatic rings. The topological polar surface area (TPSA) is 29.1 Å². The lowest BCUT2D eigenvalue weighted by atomic mass is 9.62. The fraction of sp³-hybridized carbons (Fsp3) is 0.423. The predicted molar refractivity (Wildman–Crippen MR) is 120 cm³/mol. The van der Waals surface area contributed by atoms with Crippen LogP contribution in [-0.2, 0) is 15.6 Å². The quantitative estimate of drug-likeness (QED) is 0.637. The monoisotopic (exact) mass is 375 g/mol. The molecule has 0 aromatic heterocycles. The molecule has 0 aliphatic heterocycles. The molecule has 0 heterocycles. The summed E-state index contributed by atoms with van der Waals surface area (Å²) in [7, 11) is 0. The zero-order valence-corrected chi connectivity index (χ0v) is 18.2. The largest absolute Gasteiger partial charge is 0.352 e. The molecule has 0 spiro atoms. The minimum atomic E-state index is -0.107. The number of hydrogen-bond acceptors (Lipinski definition) is 1. The van der Waals surface area contributed by atoms with Crippen molar-refractivity contribution in [1.29, 1.82) is 0 Å². The summed E-state index contributed by atoms with van der Waals surface area (Å²) in [6.45, 7) is 18.1. The molecule has 0 unspecified atom stereocenters. The van der Waals surface area contributed by atoms with Crippen LogP contribution in [0, 0.1) is 6.92 Å². The van der Waals surface area contributed by atoms with Gasteiger partial charge in [-0.3, -0.25) is 4.79 Å². The number of nitrogens with one attached hydrogen (secondary N) is 1. The number of carbonyl (C=O) groups excluding carboxylic acids is 1. The molecule has 0 saturated carbocycles. The summed E-state index contributed by atoms with van der Waals surface area (Å²) < 4.78 is 0. The van der Waals surface area contributed by atoms with E-state index in [1.807, 2.05) is 19.1 Å². The zero-order chi connectivity index (χ0) is 20.7. The van der Waals surface area contributed by atoms with Crippen molar-refractivity contribution in [2.45, 2.75) is 65.2 Å². The molecule has 2 aromatic carbocycles. The van der Waals surface area contributed by atoms with Crippen molar-refractivity contribution in [3.05, 3.63) is 65.2 Å². The maximum atomic E-state index is 12.2. The second-order valence-corrected chi connectivity index (χ2v) is 9.40. The summed E-state index contributed by atoms with van der Waals surface area (Å²) in [5.74, 6) is -0.107. The van der Waals surface area contributed by atoms with Crippen molar-refractivity contribution in [3.8, 4) is 11.1 Å². The van der Waals surface area contributed by atoms with E-state index in [0.29, 0.717) is 12.1 Å². The summed E-state index contributed by atoms with van der Waals surface area (Å²) >= 11 is 0. The first-order valence-electron chi connectivity index (χ1n) is 10.3.